The van der Waals surface area contributed by atoms with Gasteiger partial charge in [0, 0.05) is 32.0 Å². The number of likely N-dealkylation sites (tertiary alicyclic amines) is 1. The first-order chi connectivity index (χ1) is 13.8. The number of rotatable bonds is 6. The minimum Gasteiger partial charge on any atom is -0.347 e. The van der Waals surface area contributed by atoms with Crippen LogP contribution in [0, 0.1) is 12.7 Å². The zero-order valence-electron chi connectivity index (χ0n) is 15.9. The van der Waals surface area contributed by atoms with Gasteiger partial charge in [0.2, 0.25) is 5.91 Å². The number of halogens is 3. The van der Waals surface area contributed by atoms with E-state index in [1.54, 1.807) is 17.9 Å². The second kappa shape index (κ2) is 9.30. The predicted molar refractivity (Wildman–Crippen MR) is 103 cm³/mol. The van der Waals surface area contributed by atoms with Gasteiger partial charge < -0.3 is 10.2 Å². The van der Waals surface area contributed by atoms with E-state index in [4.69, 9.17) is 11.6 Å². The molecular formula is C19H22ClF2N5O2. The molecule has 0 unspecified atom stereocenters. The van der Waals surface area contributed by atoms with Gasteiger partial charge in [-0.1, -0.05) is 17.7 Å². The molecule has 0 radical (unpaired) electrons. The molecule has 1 N–H and O–H groups in total. The van der Waals surface area contributed by atoms with E-state index in [1.807, 2.05) is 0 Å². The number of piperidine rings is 1. The van der Waals surface area contributed by atoms with Crippen LogP contribution in [0.2, 0.25) is 5.02 Å². The summed E-state index contributed by atoms with van der Waals surface area (Å²) in [5.74, 6) is -1.66. The molecule has 2 atom stereocenters. The molecule has 1 fully saturated rings. The molecule has 1 aliphatic rings. The van der Waals surface area contributed by atoms with Crippen LogP contribution in [0.4, 0.5) is 8.78 Å². The lowest BCUT2D eigenvalue weighted by Crippen LogP contribution is -2.53. The van der Waals surface area contributed by atoms with Crippen LogP contribution in [0.15, 0.2) is 24.8 Å². The fourth-order valence-corrected chi connectivity index (χ4v) is 3.61. The van der Waals surface area contributed by atoms with Crippen LogP contribution in [0.3, 0.4) is 0 Å². The average Bonchev–Trinajstić information content (AvgIpc) is 3.18. The zero-order valence-corrected chi connectivity index (χ0v) is 16.7. The van der Waals surface area contributed by atoms with Crippen molar-refractivity contribution in [3.05, 3.63) is 46.8 Å². The summed E-state index contributed by atoms with van der Waals surface area (Å²) in [7, 11) is 0. The van der Waals surface area contributed by atoms with Crippen molar-refractivity contribution in [3.63, 3.8) is 0 Å². The largest absolute Gasteiger partial charge is 0.347 e. The van der Waals surface area contributed by atoms with Crippen molar-refractivity contribution in [2.75, 3.05) is 13.1 Å². The highest BCUT2D eigenvalue weighted by Gasteiger charge is 2.31. The van der Waals surface area contributed by atoms with Gasteiger partial charge in [0.15, 0.2) is 0 Å². The summed E-state index contributed by atoms with van der Waals surface area (Å²) >= 11 is 6.07. The minimum atomic E-state index is -1.27. The van der Waals surface area contributed by atoms with Gasteiger partial charge in [-0.3, -0.25) is 14.3 Å². The number of alkyl halides is 1. The highest BCUT2D eigenvalue weighted by Crippen LogP contribution is 2.24. The Labute approximate surface area is 172 Å². The van der Waals surface area contributed by atoms with Crippen LogP contribution >= 0.6 is 11.6 Å². The van der Waals surface area contributed by atoms with Gasteiger partial charge in [0.1, 0.15) is 24.6 Å². The fraction of sp³-hybridized carbons (Fsp3) is 0.474. The summed E-state index contributed by atoms with van der Waals surface area (Å²) in [6.07, 6.45) is 2.52. The third-order valence-corrected chi connectivity index (χ3v) is 5.33. The molecule has 1 aliphatic heterocycles. The van der Waals surface area contributed by atoms with Crippen LogP contribution in [0.5, 0.6) is 0 Å². The summed E-state index contributed by atoms with van der Waals surface area (Å²) in [6, 6.07) is 2.02. The van der Waals surface area contributed by atoms with Crippen LogP contribution in [0.1, 0.15) is 35.2 Å². The number of carbonyl (C=O) groups excluding carboxylic acids is 2. The first kappa shape index (κ1) is 21.2. The molecule has 0 spiro atoms. The lowest BCUT2D eigenvalue weighted by atomic mass is 10.0. The molecule has 2 heterocycles. The molecule has 0 saturated carbocycles. The topological polar surface area (TPSA) is 80.1 Å². The van der Waals surface area contributed by atoms with Gasteiger partial charge in [-0.2, -0.15) is 5.10 Å². The van der Waals surface area contributed by atoms with Crippen LogP contribution in [0.25, 0.3) is 0 Å². The van der Waals surface area contributed by atoms with Crippen molar-refractivity contribution >= 4 is 23.4 Å². The highest BCUT2D eigenvalue weighted by atomic mass is 35.5. The van der Waals surface area contributed by atoms with Gasteiger partial charge in [0.05, 0.1) is 17.1 Å². The first-order valence-corrected chi connectivity index (χ1v) is 9.72. The molecule has 1 aromatic carbocycles. The second-order valence-corrected chi connectivity index (χ2v) is 7.50. The molecule has 156 valence electrons. The molecule has 1 saturated heterocycles. The van der Waals surface area contributed by atoms with Gasteiger partial charge in [0.25, 0.3) is 5.91 Å². The fourth-order valence-electron chi connectivity index (χ4n) is 3.37. The minimum absolute atomic E-state index is 0.0198. The third-order valence-electron chi connectivity index (χ3n) is 4.84. The maximum atomic E-state index is 14.2. The molecule has 0 aliphatic carbocycles. The van der Waals surface area contributed by atoms with E-state index < -0.39 is 23.9 Å². The molecule has 3 rings (SSSR count). The number of aromatic nitrogens is 3. The van der Waals surface area contributed by atoms with Gasteiger partial charge in [-0.05, 0) is 25.0 Å². The standard InChI is InChI=1S/C19H22ClF2N5O2/c1-12-4-5-15(22)17(18(12)20)19(29)25-14-7-13(21)8-26(9-14)16(28)3-2-6-27-11-23-10-24-27/h4-5,10-11,13-14H,2-3,6-9H2,1H3,(H,25,29)/t13-,14+/m1/s1. The van der Waals surface area contributed by atoms with Crippen molar-refractivity contribution in [3.8, 4) is 0 Å². The summed E-state index contributed by atoms with van der Waals surface area (Å²) < 4.78 is 29.9. The Kier molecular flexibility index (Phi) is 6.79. The Morgan fingerprint density at radius 2 is 2.14 bits per heavy atom. The van der Waals surface area contributed by atoms with Gasteiger partial charge >= 0.3 is 0 Å². The normalized spacial score (nSPS) is 19.2. The highest BCUT2D eigenvalue weighted by molar-refractivity contribution is 6.34. The van der Waals surface area contributed by atoms with Crippen molar-refractivity contribution < 1.29 is 18.4 Å². The number of hydrogen-bond donors (Lipinski definition) is 1. The Morgan fingerprint density at radius 3 is 2.86 bits per heavy atom. The molecule has 1 aromatic heterocycles. The number of benzene rings is 1. The molecule has 29 heavy (non-hydrogen) atoms. The number of nitrogens with one attached hydrogen (secondary N) is 1. The van der Waals surface area contributed by atoms with Crippen LogP contribution < -0.4 is 5.32 Å². The predicted octanol–water partition coefficient (Wildman–Crippen LogP) is 2.53. The van der Waals surface area contributed by atoms with Crippen LogP contribution in [-0.2, 0) is 11.3 Å². The van der Waals surface area contributed by atoms with E-state index in [0.717, 1.165) is 0 Å². The second-order valence-electron chi connectivity index (χ2n) is 7.12. The Balaban J connectivity index is 1.58. The summed E-state index contributed by atoms with van der Waals surface area (Å²) in [5, 5.41) is 6.61. The molecule has 0 bridgehead atoms. The lowest BCUT2D eigenvalue weighted by molar-refractivity contribution is -0.134. The van der Waals surface area contributed by atoms with E-state index >= 15 is 0 Å². The first-order valence-electron chi connectivity index (χ1n) is 9.35. The van der Waals surface area contributed by atoms with Crippen molar-refractivity contribution in [2.45, 2.75) is 44.9 Å². The molecule has 7 nitrogen and oxygen atoms in total. The smallest absolute Gasteiger partial charge is 0.256 e. The number of amides is 2. The Bertz CT molecular complexity index is 878. The summed E-state index contributed by atoms with van der Waals surface area (Å²) in [4.78, 5) is 30.2. The summed E-state index contributed by atoms with van der Waals surface area (Å²) in [5.41, 5.74) is 0.299. The average molecular weight is 426 g/mol. The van der Waals surface area contributed by atoms with E-state index in [0.29, 0.717) is 18.5 Å². The van der Waals surface area contributed by atoms with Crippen molar-refractivity contribution in [1.82, 2.24) is 25.0 Å². The zero-order chi connectivity index (χ0) is 21.0. The Hall–Kier alpha value is -2.55. The summed E-state index contributed by atoms with van der Waals surface area (Å²) in [6.45, 7) is 2.34. The number of aryl methyl sites for hydroxylation is 2. The monoisotopic (exact) mass is 425 g/mol. The van der Waals surface area contributed by atoms with Crippen molar-refractivity contribution in [1.29, 1.82) is 0 Å². The lowest BCUT2D eigenvalue weighted by Gasteiger charge is -2.35. The molecule has 2 aromatic rings. The van der Waals surface area contributed by atoms with Gasteiger partial charge in [-0.25, -0.2) is 13.8 Å². The van der Waals surface area contributed by atoms with E-state index in [-0.39, 0.29) is 42.4 Å². The maximum absolute atomic E-state index is 14.2. The van der Waals surface area contributed by atoms with Crippen LogP contribution in [-0.4, -0.2) is 56.8 Å². The third kappa shape index (κ3) is 5.29. The van der Waals surface area contributed by atoms with Crippen molar-refractivity contribution in [2.24, 2.45) is 0 Å². The molecule has 2 amide bonds. The SMILES string of the molecule is Cc1ccc(F)c(C(=O)N[C@H]2C[C@@H](F)CN(C(=O)CCCn3cncn3)C2)c1Cl. The Morgan fingerprint density at radius 1 is 1.34 bits per heavy atom. The number of nitrogens with zero attached hydrogens (tertiary/aromatic N) is 4. The van der Waals surface area contributed by atoms with E-state index in [2.05, 4.69) is 15.4 Å². The molecule has 10 heteroatoms. The van der Waals surface area contributed by atoms with E-state index in [9.17, 15) is 18.4 Å². The van der Waals surface area contributed by atoms with Gasteiger partial charge in [-0.15, -0.1) is 0 Å². The quantitative estimate of drug-likeness (QED) is 0.771. The molecular weight excluding hydrogens is 404 g/mol. The van der Waals surface area contributed by atoms with E-state index in [1.165, 1.54) is 23.4 Å². The number of carbonyl (C=O) groups is 2. The number of hydrogen-bond acceptors (Lipinski definition) is 4. The maximum Gasteiger partial charge on any atom is 0.256 e.